The maximum Gasteiger partial charge on any atom is 0.158 e. The quantitative estimate of drug-likeness (QED) is 0.438. The molecule has 0 amide bonds. The van der Waals surface area contributed by atoms with Crippen LogP contribution in [0.4, 0.5) is 0 Å². The standard InChI is InChI=1S/C21H31ClNO2.BrH/c1-16(2)19-14-20(22)17(3)13-21(19)25-11-7-6-10-23(4,5)15-18-9-8-12-24-18;/h8-9,12-14,16H,6-7,10-11,15H2,1-5H3;1H/q+1;/p-1. The lowest BCUT2D eigenvalue weighted by Crippen LogP contribution is -3.00. The molecule has 3 nitrogen and oxygen atoms in total. The summed E-state index contributed by atoms with van der Waals surface area (Å²) in [6, 6.07) is 8.10. The van der Waals surface area contributed by atoms with Gasteiger partial charge in [0.25, 0.3) is 0 Å². The van der Waals surface area contributed by atoms with Crippen LogP contribution in [-0.4, -0.2) is 31.7 Å². The fourth-order valence-corrected chi connectivity index (χ4v) is 3.15. The second-order valence-corrected chi connectivity index (χ2v) is 8.15. The number of halogens is 2. The Morgan fingerprint density at radius 1 is 1.19 bits per heavy atom. The average Bonchev–Trinajstić information content (AvgIpc) is 3.01. The Balaban J connectivity index is 0.00000338. The van der Waals surface area contributed by atoms with E-state index in [9.17, 15) is 0 Å². The summed E-state index contributed by atoms with van der Waals surface area (Å²) in [5.74, 6) is 2.41. The van der Waals surface area contributed by atoms with Crippen LogP contribution >= 0.6 is 11.6 Å². The highest BCUT2D eigenvalue weighted by Crippen LogP contribution is 2.32. The van der Waals surface area contributed by atoms with Crippen molar-refractivity contribution < 1.29 is 30.6 Å². The third-order valence-corrected chi connectivity index (χ3v) is 4.90. The van der Waals surface area contributed by atoms with E-state index in [1.807, 2.05) is 25.1 Å². The van der Waals surface area contributed by atoms with Crippen molar-refractivity contribution in [3.8, 4) is 5.75 Å². The Bertz CT molecular complexity index is 669. The van der Waals surface area contributed by atoms with Gasteiger partial charge in [0.2, 0.25) is 0 Å². The number of benzene rings is 1. The number of ether oxygens (including phenoxy) is 1. The molecule has 1 heterocycles. The molecule has 0 unspecified atom stereocenters. The number of aryl methyl sites for hydroxylation is 1. The van der Waals surface area contributed by atoms with Gasteiger partial charge in [0.15, 0.2) is 5.76 Å². The molecule has 0 N–H and O–H groups in total. The second kappa shape index (κ2) is 10.4. The summed E-state index contributed by atoms with van der Waals surface area (Å²) < 4.78 is 12.5. The van der Waals surface area contributed by atoms with E-state index in [4.69, 9.17) is 20.8 Å². The number of rotatable bonds is 9. The minimum absolute atomic E-state index is 0. The van der Waals surface area contributed by atoms with Crippen molar-refractivity contribution in [1.29, 1.82) is 0 Å². The third-order valence-electron chi connectivity index (χ3n) is 4.49. The monoisotopic (exact) mass is 443 g/mol. The first-order chi connectivity index (χ1) is 11.8. The van der Waals surface area contributed by atoms with Crippen LogP contribution in [0.1, 0.15) is 49.5 Å². The molecule has 0 radical (unpaired) electrons. The first-order valence-electron chi connectivity index (χ1n) is 9.06. The molecule has 146 valence electrons. The van der Waals surface area contributed by atoms with Crippen LogP contribution in [0, 0.1) is 6.92 Å². The first-order valence-corrected chi connectivity index (χ1v) is 9.43. The van der Waals surface area contributed by atoms with Crippen molar-refractivity contribution in [1.82, 2.24) is 0 Å². The van der Waals surface area contributed by atoms with E-state index in [1.165, 1.54) is 5.56 Å². The van der Waals surface area contributed by atoms with Crippen LogP contribution in [0.3, 0.4) is 0 Å². The predicted molar refractivity (Wildman–Crippen MR) is 104 cm³/mol. The van der Waals surface area contributed by atoms with Crippen LogP contribution in [-0.2, 0) is 6.54 Å². The van der Waals surface area contributed by atoms with E-state index in [0.717, 1.165) is 59.1 Å². The Labute approximate surface area is 173 Å². The zero-order valence-electron chi connectivity index (χ0n) is 16.5. The number of nitrogens with zero attached hydrogens (tertiary/aromatic N) is 1. The van der Waals surface area contributed by atoms with Gasteiger partial charge >= 0.3 is 0 Å². The van der Waals surface area contributed by atoms with E-state index < -0.39 is 0 Å². The maximum atomic E-state index is 6.26. The average molecular weight is 445 g/mol. The molecular formula is C21H31BrClNO2. The van der Waals surface area contributed by atoms with Crippen LogP contribution in [0.15, 0.2) is 34.9 Å². The van der Waals surface area contributed by atoms with Crippen molar-refractivity contribution in [2.75, 3.05) is 27.2 Å². The lowest BCUT2D eigenvalue weighted by atomic mass is 10.0. The number of hydrogen-bond donors (Lipinski definition) is 0. The van der Waals surface area contributed by atoms with Gasteiger partial charge in [-0.05, 0) is 61.1 Å². The molecule has 26 heavy (non-hydrogen) atoms. The number of hydrogen-bond acceptors (Lipinski definition) is 2. The van der Waals surface area contributed by atoms with Gasteiger partial charge in [0.05, 0.1) is 33.5 Å². The molecule has 0 saturated heterocycles. The normalized spacial score (nSPS) is 11.5. The Morgan fingerprint density at radius 3 is 2.54 bits per heavy atom. The third kappa shape index (κ3) is 6.98. The summed E-state index contributed by atoms with van der Waals surface area (Å²) >= 11 is 6.26. The summed E-state index contributed by atoms with van der Waals surface area (Å²) in [5.41, 5.74) is 2.25. The Kier molecular flexibility index (Phi) is 9.22. The Morgan fingerprint density at radius 2 is 1.92 bits per heavy atom. The molecule has 5 heteroatoms. The summed E-state index contributed by atoms with van der Waals surface area (Å²) in [7, 11) is 4.48. The largest absolute Gasteiger partial charge is 1.00 e. The van der Waals surface area contributed by atoms with Crippen molar-refractivity contribution in [3.63, 3.8) is 0 Å². The number of unbranched alkanes of at least 4 members (excludes halogenated alkanes) is 1. The molecule has 0 aliphatic rings. The van der Waals surface area contributed by atoms with Gasteiger partial charge in [-0.2, -0.15) is 0 Å². The highest BCUT2D eigenvalue weighted by Gasteiger charge is 2.17. The summed E-state index contributed by atoms with van der Waals surface area (Å²) in [4.78, 5) is 0. The molecule has 0 fully saturated rings. The summed E-state index contributed by atoms with van der Waals surface area (Å²) in [5, 5.41) is 0.813. The highest BCUT2D eigenvalue weighted by atomic mass is 79.9. The predicted octanol–water partition coefficient (Wildman–Crippen LogP) is 2.80. The van der Waals surface area contributed by atoms with E-state index in [-0.39, 0.29) is 17.0 Å². The van der Waals surface area contributed by atoms with Gasteiger partial charge in [-0.15, -0.1) is 0 Å². The molecule has 2 rings (SSSR count). The van der Waals surface area contributed by atoms with Crippen LogP contribution in [0.2, 0.25) is 5.02 Å². The van der Waals surface area contributed by atoms with Crippen LogP contribution in [0.5, 0.6) is 5.75 Å². The van der Waals surface area contributed by atoms with E-state index >= 15 is 0 Å². The molecule has 0 bridgehead atoms. The van der Waals surface area contributed by atoms with Gasteiger partial charge in [0, 0.05) is 5.02 Å². The number of quaternary nitrogens is 1. The lowest BCUT2D eigenvalue weighted by Gasteiger charge is -2.28. The minimum atomic E-state index is 0. The van der Waals surface area contributed by atoms with Gasteiger partial charge in [0.1, 0.15) is 12.3 Å². The van der Waals surface area contributed by atoms with Crippen LogP contribution < -0.4 is 21.7 Å². The van der Waals surface area contributed by atoms with Crippen molar-refractivity contribution in [2.45, 2.75) is 46.1 Å². The molecule has 1 aromatic heterocycles. The molecule has 0 aliphatic heterocycles. The fraction of sp³-hybridized carbons (Fsp3) is 0.524. The van der Waals surface area contributed by atoms with Crippen molar-refractivity contribution >= 4 is 11.6 Å². The van der Waals surface area contributed by atoms with Gasteiger partial charge in [-0.25, -0.2) is 0 Å². The molecule has 1 aromatic carbocycles. The first kappa shape index (κ1) is 23.1. The topological polar surface area (TPSA) is 22.4 Å². The maximum absolute atomic E-state index is 6.26. The van der Waals surface area contributed by atoms with Gasteiger partial charge < -0.3 is 30.6 Å². The molecule has 0 atom stereocenters. The highest BCUT2D eigenvalue weighted by molar-refractivity contribution is 6.31. The van der Waals surface area contributed by atoms with Crippen molar-refractivity contribution in [3.05, 3.63) is 52.4 Å². The van der Waals surface area contributed by atoms with Gasteiger partial charge in [-0.3, -0.25) is 0 Å². The fourth-order valence-electron chi connectivity index (χ4n) is 2.97. The molecule has 0 aliphatic carbocycles. The zero-order chi connectivity index (χ0) is 18.4. The second-order valence-electron chi connectivity index (χ2n) is 7.75. The summed E-state index contributed by atoms with van der Waals surface area (Å²) in [6.45, 7) is 9.11. The van der Waals surface area contributed by atoms with Crippen LogP contribution in [0.25, 0.3) is 0 Å². The van der Waals surface area contributed by atoms with E-state index in [2.05, 4.69) is 34.0 Å². The lowest BCUT2D eigenvalue weighted by molar-refractivity contribution is -0.904. The van der Waals surface area contributed by atoms with E-state index in [1.54, 1.807) is 6.26 Å². The summed E-state index contributed by atoms with van der Waals surface area (Å²) in [6.07, 6.45) is 3.90. The molecule has 0 saturated carbocycles. The van der Waals surface area contributed by atoms with Gasteiger partial charge in [-0.1, -0.05) is 25.4 Å². The SMILES string of the molecule is Cc1cc(OCCCC[N+](C)(C)Cc2ccco2)c(C(C)C)cc1Cl.[Br-]. The van der Waals surface area contributed by atoms with E-state index in [0.29, 0.717) is 5.92 Å². The zero-order valence-corrected chi connectivity index (χ0v) is 18.9. The smallest absolute Gasteiger partial charge is 0.158 e. The molecule has 0 spiro atoms. The molecular weight excluding hydrogens is 414 g/mol. The number of furan rings is 1. The molecule has 2 aromatic rings. The minimum Gasteiger partial charge on any atom is -1.00 e. The van der Waals surface area contributed by atoms with Crippen molar-refractivity contribution in [2.24, 2.45) is 0 Å². The Hall–Kier alpha value is -0.970.